The summed E-state index contributed by atoms with van der Waals surface area (Å²) in [6.45, 7) is 4.02. The lowest BCUT2D eigenvalue weighted by molar-refractivity contribution is -0.105. The van der Waals surface area contributed by atoms with Gasteiger partial charge in [-0.1, -0.05) is 13.0 Å². The quantitative estimate of drug-likeness (QED) is 0.827. The SMILES string of the molecule is CCCNCC1OCc2ccc(S(C)(=O)=O)cc2O1. The summed E-state index contributed by atoms with van der Waals surface area (Å²) in [5.74, 6) is 0.595. The number of hydrogen-bond acceptors (Lipinski definition) is 5. The number of nitrogens with one attached hydrogen (secondary N) is 1. The number of rotatable bonds is 5. The predicted octanol–water partition coefficient (Wildman–Crippen LogP) is 1.32. The number of fused-ring (bicyclic) bond motifs is 1. The smallest absolute Gasteiger partial charge is 0.212 e. The number of sulfone groups is 1. The Bertz CT molecular complexity index is 542. The average Bonchev–Trinajstić information content (AvgIpc) is 2.37. The zero-order valence-corrected chi connectivity index (χ0v) is 12.0. The first-order valence-electron chi connectivity index (χ1n) is 6.32. The molecule has 0 radical (unpaired) electrons. The van der Waals surface area contributed by atoms with Gasteiger partial charge in [-0.05, 0) is 25.1 Å². The third kappa shape index (κ3) is 3.68. The van der Waals surface area contributed by atoms with Crippen LogP contribution in [0.3, 0.4) is 0 Å². The van der Waals surface area contributed by atoms with Crippen LogP contribution < -0.4 is 10.1 Å². The molecule has 0 fully saturated rings. The van der Waals surface area contributed by atoms with E-state index in [9.17, 15) is 8.42 Å². The molecule has 106 valence electrons. The maximum Gasteiger partial charge on any atom is 0.212 e. The average molecular weight is 285 g/mol. The highest BCUT2D eigenvalue weighted by Crippen LogP contribution is 2.28. The van der Waals surface area contributed by atoms with Crippen molar-refractivity contribution in [2.24, 2.45) is 0 Å². The molecule has 1 aromatic carbocycles. The Morgan fingerprint density at radius 2 is 2.21 bits per heavy atom. The Morgan fingerprint density at radius 1 is 1.42 bits per heavy atom. The minimum absolute atomic E-state index is 0.272. The Labute approximate surface area is 113 Å². The summed E-state index contributed by atoms with van der Waals surface area (Å²) in [6.07, 6.45) is 1.87. The molecule has 1 aromatic rings. The van der Waals surface area contributed by atoms with Gasteiger partial charge in [0.25, 0.3) is 0 Å². The summed E-state index contributed by atoms with van der Waals surface area (Å²) in [7, 11) is -3.21. The van der Waals surface area contributed by atoms with Gasteiger partial charge in [-0.2, -0.15) is 0 Å². The van der Waals surface area contributed by atoms with Gasteiger partial charge in [0.1, 0.15) is 5.75 Å². The molecule has 0 aliphatic carbocycles. The van der Waals surface area contributed by atoms with Crippen molar-refractivity contribution in [3.63, 3.8) is 0 Å². The lowest BCUT2D eigenvalue weighted by Gasteiger charge is -2.26. The number of ether oxygens (including phenoxy) is 2. The zero-order valence-electron chi connectivity index (χ0n) is 11.2. The first-order chi connectivity index (χ1) is 9.00. The minimum Gasteiger partial charge on any atom is -0.463 e. The Kier molecular flexibility index (Phi) is 4.44. The zero-order chi connectivity index (χ0) is 13.9. The van der Waals surface area contributed by atoms with Gasteiger partial charge in [-0.25, -0.2) is 8.42 Å². The van der Waals surface area contributed by atoms with Gasteiger partial charge in [-0.3, -0.25) is 0 Å². The molecule has 0 spiro atoms. The van der Waals surface area contributed by atoms with Crippen LogP contribution in [-0.4, -0.2) is 34.1 Å². The van der Waals surface area contributed by atoms with Crippen LogP contribution in [0.4, 0.5) is 0 Å². The maximum atomic E-state index is 11.5. The van der Waals surface area contributed by atoms with E-state index in [1.165, 1.54) is 6.26 Å². The largest absolute Gasteiger partial charge is 0.463 e. The highest BCUT2D eigenvalue weighted by molar-refractivity contribution is 7.90. The van der Waals surface area contributed by atoms with Crippen molar-refractivity contribution in [1.82, 2.24) is 5.32 Å². The summed E-state index contributed by atoms with van der Waals surface area (Å²) in [6, 6.07) is 4.89. The molecule has 0 saturated heterocycles. The number of hydrogen-bond donors (Lipinski definition) is 1. The van der Waals surface area contributed by atoms with Gasteiger partial charge in [0.2, 0.25) is 6.29 Å². The summed E-state index contributed by atoms with van der Waals surface area (Å²) < 4.78 is 34.2. The van der Waals surface area contributed by atoms with Crippen molar-refractivity contribution in [1.29, 1.82) is 0 Å². The van der Waals surface area contributed by atoms with Crippen molar-refractivity contribution < 1.29 is 17.9 Å². The molecule has 19 heavy (non-hydrogen) atoms. The van der Waals surface area contributed by atoms with Gasteiger partial charge in [0.05, 0.1) is 18.0 Å². The van der Waals surface area contributed by atoms with Gasteiger partial charge in [-0.15, -0.1) is 0 Å². The van der Waals surface area contributed by atoms with E-state index < -0.39 is 9.84 Å². The second kappa shape index (κ2) is 5.90. The molecule has 1 unspecified atom stereocenters. The van der Waals surface area contributed by atoms with Crippen molar-refractivity contribution in [2.45, 2.75) is 31.1 Å². The molecule has 0 aromatic heterocycles. The fourth-order valence-electron chi connectivity index (χ4n) is 1.85. The van der Waals surface area contributed by atoms with Crippen LogP contribution in [0.25, 0.3) is 0 Å². The second-order valence-corrected chi connectivity index (χ2v) is 6.62. The molecule has 0 bridgehead atoms. The normalized spacial score (nSPS) is 18.7. The Hall–Kier alpha value is -1.11. The van der Waals surface area contributed by atoms with Crippen LogP contribution in [0.15, 0.2) is 23.1 Å². The topological polar surface area (TPSA) is 64.6 Å². The van der Waals surface area contributed by atoms with E-state index in [-0.39, 0.29) is 11.2 Å². The summed E-state index contributed by atoms with van der Waals surface area (Å²) in [5.41, 5.74) is 0.874. The van der Waals surface area contributed by atoms with E-state index in [1.807, 2.05) is 0 Å². The monoisotopic (exact) mass is 285 g/mol. The molecule has 1 heterocycles. The molecule has 1 aliphatic rings. The molecular formula is C13H19NO4S. The van der Waals surface area contributed by atoms with E-state index in [4.69, 9.17) is 9.47 Å². The standard InChI is InChI=1S/C13H19NO4S/c1-3-6-14-8-13-17-9-10-4-5-11(19(2,15)16)7-12(10)18-13/h4-5,7,13-14H,3,6,8-9H2,1-2H3. The van der Waals surface area contributed by atoms with E-state index in [0.29, 0.717) is 18.9 Å². The van der Waals surface area contributed by atoms with E-state index in [0.717, 1.165) is 18.5 Å². The van der Waals surface area contributed by atoms with Crippen LogP contribution in [0.5, 0.6) is 5.75 Å². The molecule has 2 rings (SSSR count). The van der Waals surface area contributed by atoms with E-state index in [2.05, 4.69) is 12.2 Å². The van der Waals surface area contributed by atoms with Crippen LogP contribution in [0, 0.1) is 0 Å². The Balaban J connectivity index is 2.10. The van der Waals surface area contributed by atoms with E-state index in [1.54, 1.807) is 18.2 Å². The highest BCUT2D eigenvalue weighted by Gasteiger charge is 2.21. The summed E-state index contributed by atoms with van der Waals surface area (Å²) in [4.78, 5) is 0.272. The predicted molar refractivity (Wildman–Crippen MR) is 71.9 cm³/mol. The maximum absolute atomic E-state index is 11.5. The van der Waals surface area contributed by atoms with Crippen molar-refractivity contribution >= 4 is 9.84 Å². The molecule has 1 atom stereocenters. The van der Waals surface area contributed by atoms with Gasteiger partial charge >= 0.3 is 0 Å². The molecule has 5 nitrogen and oxygen atoms in total. The first-order valence-corrected chi connectivity index (χ1v) is 8.22. The lowest BCUT2D eigenvalue weighted by atomic mass is 10.2. The third-order valence-corrected chi connectivity index (χ3v) is 4.00. The molecule has 0 amide bonds. The second-order valence-electron chi connectivity index (χ2n) is 4.60. The fraction of sp³-hybridized carbons (Fsp3) is 0.538. The minimum atomic E-state index is -3.21. The third-order valence-electron chi connectivity index (χ3n) is 2.89. The van der Waals surface area contributed by atoms with Crippen LogP contribution >= 0.6 is 0 Å². The van der Waals surface area contributed by atoms with Crippen LogP contribution in [0.2, 0.25) is 0 Å². The van der Waals surface area contributed by atoms with E-state index >= 15 is 0 Å². The Morgan fingerprint density at radius 3 is 2.89 bits per heavy atom. The van der Waals surface area contributed by atoms with Crippen LogP contribution in [-0.2, 0) is 21.2 Å². The fourth-order valence-corrected chi connectivity index (χ4v) is 2.49. The summed E-state index contributed by atoms with van der Waals surface area (Å²) >= 11 is 0. The van der Waals surface area contributed by atoms with Crippen molar-refractivity contribution in [3.8, 4) is 5.75 Å². The van der Waals surface area contributed by atoms with Crippen molar-refractivity contribution in [2.75, 3.05) is 19.3 Å². The molecular weight excluding hydrogens is 266 g/mol. The first kappa shape index (κ1) is 14.3. The lowest BCUT2D eigenvalue weighted by Crippen LogP contribution is -2.36. The van der Waals surface area contributed by atoms with Gasteiger partial charge in [0.15, 0.2) is 9.84 Å². The molecule has 0 saturated carbocycles. The number of benzene rings is 1. The molecule has 1 aliphatic heterocycles. The van der Waals surface area contributed by atoms with Gasteiger partial charge in [0, 0.05) is 11.8 Å². The van der Waals surface area contributed by atoms with Crippen LogP contribution in [0.1, 0.15) is 18.9 Å². The van der Waals surface area contributed by atoms with Crippen molar-refractivity contribution in [3.05, 3.63) is 23.8 Å². The highest BCUT2D eigenvalue weighted by atomic mass is 32.2. The van der Waals surface area contributed by atoms with Gasteiger partial charge < -0.3 is 14.8 Å². The summed E-state index contributed by atoms with van der Waals surface area (Å²) in [5, 5.41) is 3.21. The molecule has 6 heteroatoms. The molecule has 1 N–H and O–H groups in total.